The number of ether oxygens (including phenoxy) is 1. The molecule has 0 aliphatic carbocycles. The van der Waals surface area contributed by atoms with Crippen molar-refractivity contribution in [1.82, 2.24) is 9.97 Å². The largest absolute Gasteiger partial charge is 0.383 e. The van der Waals surface area contributed by atoms with Crippen molar-refractivity contribution >= 4 is 11.6 Å². The molecule has 82 valence electrons. The maximum absolute atomic E-state index is 5.46. The van der Waals surface area contributed by atoms with Gasteiger partial charge in [-0.1, -0.05) is 6.08 Å². The molecule has 0 saturated carbocycles. The van der Waals surface area contributed by atoms with Gasteiger partial charge in [0.25, 0.3) is 0 Å². The summed E-state index contributed by atoms with van der Waals surface area (Å²) in [6, 6.07) is 0. The smallest absolute Gasteiger partial charge is 0.147 e. The maximum Gasteiger partial charge on any atom is 0.147 e. The average molecular weight is 208 g/mol. The summed E-state index contributed by atoms with van der Waals surface area (Å²) in [7, 11) is 1.67. The first-order valence-electron chi connectivity index (χ1n) is 4.70. The van der Waals surface area contributed by atoms with E-state index in [4.69, 9.17) is 10.5 Å². The normalized spacial score (nSPS) is 9.93. The molecule has 5 nitrogen and oxygen atoms in total. The Kier molecular flexibility index (Phi) is 4.56. The number of anilines is 2. The van der Waals surface area contributed by atoms with Gasteiger partial charge in [0.1, 0.15) is 11.6 Å². The van der Waals surface area contributed by atoms with Gasteiger partial charge < -0.3 is 15.4 Å². The minimum Gasteiger partial charge on any atom is -0.383 e. The van der Waals surface area contributed by atoms with Crippen molar-refractivity contribution < 1.29 is 4.74 Å². The highest BCUT2D eigenvalue weighted by Gasteiger charge is 2.05. The van der Waals surface area contributed by atoms with Crippen LogP contribution in [-0.4, -0.2) is 36.8 Å². The predicted octanol–water partition coefficient (Wildman–Crippen LogP) is 0.698. The molecule has 1 aromatic heterocycles. The summed E-state index contributed by atoms with van der Waals surface area (Å²) in [5.41, 5.74) is 5.46. The van der Waals surface area contributed by atoms with Crippen LogP contribution in [0.15, 0.2) is 25.0 Å². The van der Waals surface area contributed by atoms with E-state index in [1.165, 1.54) is 6.20 Å². The van der Waals surface area contributed by atoms with Crippen LogP contribution in [0.3, 0.4) is 0 Å². The maximum atomic E-state index is 5.46. The highest BCUT2D eigenvalue weighted by atomic mass is 16.5. The predicted molar refractivity (Wildman–Crippen MR) is 60.7 cm³/mol. The number of nitrogens with zero attached hydrogens (tertiary/aromatic N) is 3. The van der Waals surface area contributed by atoms with Crippen molar-refractivity contribution in [3.63, 3.8) is 0 Å². The van der Waals surface area contributed by atoms with E-state index >= 15 is 0 Å². The lowest BCUT2D eigenvalue weighted by atomic mass is 10.4. The van der Waals surface area contributed by atoms with Crippen LogP contribution in [0, 0.1) is 0 Å². The molecule has 5 heteroatoms. The third-order valence-corrected chi connectivity index (χ3v) is 1.90. The lowest BCUT2D eigenvalue weighted by molar-refractivity contribution is 0.205. The Hall–Kier alpha value is -1.62. The van der Waals surface area contributed by atoms with E-state index in [1.807, 2.05) is 11.0 Å². The van der Waals surface area contributed by atoms with Crippen LogP contribution >= 0.6 is 0 Å². The summed E-state index contributed by atoms with van der Waals surface area (Å²) in [6.45, 7) is 5.80. The van der Waals surface area contributed by atoms with Gasteiger partial charge in [-0.05, 0) is 0 Å². The van der Waals surface area contributed by atoms with Crippen LogP contribution in [0.1, 0.15) is 0 Å². The number of methoxy groups -OCH3 is 1. The topological polar surface area (TPSA) is 64.3 Å². The fourth-order valence-corrected chi connectivity index (χ4v) is 1.15. The standard InChI is InChI=1S/C10H16N4O/c1-3-4-14(5-6-15-2)10-8-12-9(11)7-13-10/h3,7-8H,1,4-6H2,2H3,(H2,11,12). The highest BCUT2D eigenvalue weighted by Crippen LogP contribution is 2.08. The summed E-state index contributed by atoms with van der Waals surface area (Å²) in [4.78, 5) is 10.2. The first-order chi connectivity index (χ1) is 7.27. The fraction of sp³-hybridized carbons (Fsp3) is 0.400. The lowest BCUT2D eigenvalue weighted by Gasteiger charge is -2.21. The van der Waals surface area contributed by atoms with Gasteiger partial charge in [-0.3, -0.25) is 0 Å². The van der Waals surface area contributed by atoms with Crippen molar-refractivity contribution in [2.45, 2.75) is 0 Å². The molecule has 0 aromatic carbocycles. The first kappa shape index (κ1) is 11.5. The first-order valence-corrected chi connectivity index (χ1v) is 4.70. The summed E-state index contributed by atoms with van der Waals surface area (Å²) in [6.07, 6.45) is 5.00. The molecular weight excluding hydrogens is 192 g/mol. The Bertz CT molecular complexity index is 299. The molecule has 1 heterocycles. The van der Waals surface area contributed by atoms with Gasteiger partial charge in [-0.2, -0.15) is 0 Å². The monoisotopic (exact) mass is 208 g/mol. The van der Waals surface area contributed by atoms with Gasteiger partial charge in [0.2, 0.25) is 0 Å². The highest BCUT2D eigenvalue weighted by molar-refractivity contribution is 5.39. The number of rotatable bonds is 6. The third-order valence-electron chi connectivity index (χ3n) is 1.90. The zero-order valence-corrected chi connectivity index (χ0v) is 8.89. The van der Waals surface area contributed by atoms with Crippen molar-refractivity contribution in [3.8, 4) is 0 Å². The Morgan fingerprint density at radius 3 is 2.87 bits per heavy atom. The van der Waals surface area contributed by atoms with Gasteiger partial charge in [0.05, 0.1) is 19.0 Å². The molecule has 0 saturated heterocycles. The summed E-state index contributed by atoms with van der Waals surface area (Å²) >= 11 is 0. The van der Waals surface area contributed by atoms with Gasteiger partial charge in [-0.15, -0.1) is 6.58 Å². The van der Waals surface area contributed by atoms with Crippen molar-refractivity contribution in [1.29, 1.82) is 0 Å². The number of aromatic nitrogens is 2. The molecule has 1 rings (SSSR count). The quantitative estimate of drug-likeness (QED) is 0.697. The van der Waals surface area contributed by atoms with Crippen LogP contribution in [0.4, 0.5) is 11.6 Å². The summed E-state index contributed by atoms with van der Waals surface area (Å²) in [5.74, 6) is 1.20. The molecule has 0 amide bonds. The molecule has 1 aromatic rings. The Morgan fingerprint density at radius 2 is 2.33 bits per heavy atom. The van der Waals surface area contributed by atoms with E-state index in [0.717, 1.165) is 12.4 Å². The van der Waals surface area contributed by atoms with Crippen LogP contribution in [-0.2, 0) is 4.74 Å². The number of hydrogen-bond acceptors (Lipinski definition) is 5. The van der Waals surface area contributed by atoms with Gasteiger partial charge in [0, 0.05) is 20.2 Å². The molecule has 15 heavy (non-hydrogen) atoms. The second-order valence-electron chi connectivity index (χ2n) is 3.03. The SMILES string of the molecule is C=CCN(CCOC)c1cnc(N)cn1. The van der Waals surface area contributed by atoms with E-state index in [2.05, 4.69) is 16.5 Å². The van der Waals surface area contributed by atoms with Gasteiger partial charge >= 0.3 is 0 Å². The van der Waals surface area contributed by atoms with Gasteiger partial charge in [0.15, 0.2) is 0 Å². The molecule has 0 bridgehead atoms. The molecule has 0 atom stereocenters. The van der Waals surface area contributed by atoms with Crippen molar-refractivity contribution in [2.24, 2.45) is 0 Å². The van der Waals surface area contributed by atoms with Crippen LogP contribution < -0.4 is 10.6 Å². The molecule has 0 aliphatic rings. The van der Waals surface area contributed by atoms with E-state index in [-0.39, 0.29) is 0 Å². The molecule has 2 N–H and O–H groups in total. The second-order valence-corrected chi connectivity index (χ2v) is 3.03. The van der Waals surface area contributed by atoms with Crippen molar-refractivity contribution in [3.05, 3.63) is 25.0 Å². The zero-order valence-electron chi connectivity index (χ0n) is 8.89. The van der Waals surface area contributed by atoms with Crippen LogP contribution in [0.5, 0.6) is 0 Å². The fourth-order valence-electron chi connectivity index (χ4n) is 1.15. The number of nitrogen functional groups attached to an aromatic ring is 1. The minimum atomic E-state index is 0.420. The second kappa shape index (κ2) is 5.98. The molecule has 0 fully saturated rings. The number of hydrogen-bond donors (Lipinski definition) is 1. The van der Waals surface area contributed by atoms with Crippen LogP contribution in [0.25, 0.3) is 0 Å². The van der Waals surface area contributed by atoms with Crippen molar-refractivity contribution in [2.75, 3.05) is 37.4 Å². The molecular formula is C10H16N4O. The number of nitrogens with two attached hydrogens (primary N) is 1. The van der Waals surface area contributed by atoms with Crippen LogP contribution in [0.2, 0.25) is 0 Å². The molecule has 0 unspecified atom stereocenters. The van der Waals surface area contributed by atoms with E-state index in [0.29, 0.717) is 19.0 Å². The van der Waals surface area contributed by atoms with Gasteiger partial charge in [-0.25, -0.2) is 9.97 Å². The minimum absolute atomic E-state index is 0.420. The lowest BCUT2D eigenvalue weighted by Crippen LogP contribution is -2.28. The van der Waals surface area contributed by atoms with E-state index in [9.17, 15) is 0 Å². The van der Waals surface area contributed by atoms with E-state index in [1.54, 1.807) is 13.3 Å². The zero-order chi connectivity index (χ0) is 11.1. The summed E-state index contributed by atoms with van der Waals surface area (Å²) in [5, 5.41) is 0. The molecule has 0 spiro atoms. The molecule has 0 aliphatic heterocycles. The average Bonchev–Trinajstić information content (AvgIpc) is 2.25. The van der Waals surface area contributed by atoms with E-state index < -0.39 is 0 Å². The Labute approximate surface area is 89.6 Å². The Morgan fingerprint density at radius 1 is 1.53 bits per heavy atom. The third kappa shape index (κ3) is 3.55. The Balaban J connectivity index is 2.69. The molecule has 0 radical (unpaired) electrons. The summed E-state index contributed by atoms with van der Waals surface area (Å²) < 4.78 is 5.02.